The highest BCUT2D eigenvalue weighted by Gasteiger charge is 2.10. The van der Waals surface area contributed by atoms with Gasteiger partial charge in [0.25, 0.3) is 5.69 Å². The van der Waals surface area contributed by atoms with Gasteiger partial charge in [0, 0.05) is 17.3 Å². The summed E-state index contributed by atoms with van der Waals surface area (Å²) in [5, 5.41) is 16.4. The number of benzene rings is 3. The van der Waals surface area contributed by atoms with Crippen LogP contribution >= 0.6 is 0 Å². The van der Waals surface area contributed by atoms with Crippen molar-refractivity contribution in [2.45, 2.75) is 6.61 Å². The van der Waals surface area contributed by atoms with Gasteiger partial charge in [-0.1, -0.05) is 60.7 Å². The molecule has 5 heteroatoms. The average Bonchev–Trinajstić information content (AvgIpc) is 2.72. The molecule has 0 amide bonds. The molecule has 0 saturated carbocycles. The largest absolute Gasteiger partial charge is 0.594 e. The van der Waals surface area contributed by atoms with Crippen molar-refractivity contribution in [3.05, 3.63) is 107 Å². The number of rotatable bonds is 6. The molecule has 0 saturated heterocycles. The lowest BCUT2D eigenvalue weighted by atomic mass is 10.1. The Kier molecular flexibility index (Phi) is 6.09. The maximum atomic E-state index is 12.4. The number of esters is 1. The highest BCUT2D eigenvalue weighted by molar-refractivity contribution is 5.87. The molecular weight excluding hydrogens is 340 g/mol. The van der Waals surface area contributed by atoms with Crippen LogP contribution in [0, 0.1) is 5.21 Å². The van der Waals surface area contributed by atoms with Crippen LogP contribution in [0.1, 0.15) is 11.1 Å². The highest BCUT2D eigenvalue weighted by atomic mass is 16.5. The summed E-state index contributed by atoms with van der Waals surface area (Å²) >= 11 is 0. The van der Waals surface area contributed by atoms with E-state index in [1.807, 2.05) is 36.4 Å². The Bertz CT molecular complexity index is 952. The minimum atomic E-state index is -0.480. The summed E-state index contributed by atoms with van der Waals surface area (Å²) in [5.41, 5.74) is 2.37. The number of nitrogens with zero attached hydrogens (tertiary/aromatic N) is 2. The van der Waals surface area contributed by atoms with Gasteiger partial charge in [0.15, 0.2) is 0 Å². The smallest absolute Gasteiger partial charge is 0.331 e. The number of azo groups is 1. The molecule has 0 radical (unpaired) electrons. The summed E-state index contributed by atoms with van der Waals surface area (Å²) in [7, 11) is 0. The molecule has 0 aliphatic carbocycles. The maximum Gasteiger partial charge on any atom is 0.331 e. The lowest BCUT2D eigenvalue weighted by molar-refractivity contribution is -0.435. The molecule has 0 N–H and O–H groups in total. The molecule has 0 aliphatic heterocycles. The van der Waals surface area contributed by atoms with Crippen molar-refractivity contribution in [2.75, 3.05) is 0 Å². The predicted octanol–water partition coefficient (Wildman–Crippen LogP) is 5.37. The predicted molar refractivity (Wildman–Crippen MR) is 104 cm³/mol. The Morgan fingerprint density at radius 3 is 2.30 bits per heavy atom. The van der Waals surface area contributed by atoms with E-state index in [-0.39, 0.29) is 6.61 Å². The van der Waals surface area contributed by atoms with Gasteiger partial charge in [-0.15, -0.1) is 0 Å². The van der Waals surface area contributed by atoms with Gasteiger partial charge >= 0.3 is 5.97 Å². The van der Waals surface area contributed by atoms with Crippen LogP contribution in [-0.4, -0.2) is 10.8 Å². The molecule has 0 atom stereocenters. The third-order valence-electron chi connectivity index (χ3n) is 3.73. The SMILES string of the molecule is O=C(/C=C/c1ccccc1[N+]([O-])=Nc1ccccc1)OCc1ccccc1. The second-order valence-electron chi connectivity index (χ2n) is 5.69. The number of hydrogen-bond acceptors (Lipinski definition) is 4. The van der Waals surface area contributed by atoms with Crippen molar-refractivity contribution in [3.8, 4) is 0 Å². The molecule has 0 fully saturated rings. The van der Waals surface area contributed by atoms with Gasteiger partial charge in [0.1, 0.15) is 12.3 Å². The molecule has 134 valence electrons. The van der Waals surface area contributed by atoms with Gasteiger partial charge < -0.3 is 9.94 Å². The van der Waals surface area contributed by atoms with E-state index in [2.05, 4.69) is 5.11 Å². The normalized spacial score (nSPS) is 11.5. The molecule has 0 bridgehead atoms. The first-order chi connectivity index (χ1) is 13.2. The van der Waals surface area contributed by atoms with E-state index in [0.29, 0.717) is 21.8 Å². The minimum Gasteiger partial charge on any atom is -0.594 e. The molecule has 3 aromatic rings. The quantitative estimate of drug-likeness (QED) is 0.196. The molecule has 0 heterocycles. The van der Waals surface area contributed by atoms with Crippen LogP contribution in [0.15, 0.2) is 96.1 Å². The van der Waals surface area contributed by atoms with E-state index in [9.17, 15) is 10.0 Å². The number of carbonyl (C=O) groups excluding carboxylic acids is 1. The van der Waals surface area contributed by atoms with E-state index < -0.39 is 5.97 Å². The molecule has 0 aromatic heterocycles. The Morgan fingerprint density at radius 1 is 0.926 bits per heavy atom. The average molecular weight is 358 g/mol. The first-order valence-corrected chi connectivity index (χ1v) is 8.44. The summed E-state index contributed by atoms with van der Waals surface area (Å²) in [6.07, 6.45) is 2.85. The number of ether oxygens (including phenoxy) is 1. The van der Waals surface area contributed by atoms with Crippen LogP contribution in [0.4, 0.5) is 11.4 Å². The topological polar surface area (TPSA) is 64.7 Å². The fraction of sp³-hybridized carbons (Fsp3) is 0.0455. The van der Waals surface area contributed by atoms with Gasteiger partial charge in [-0.3, -0.25) is 0 Å². The summed E-state index contributed by atoms with van der Waals surface area (Å²) in [4.78, 5) is 12.5. The van der Waals surface area contributed by atoms with Crippen LogP contribution < -0.4 is 0 Å². The van der Waals surface area contributed by atoms with Crippen molar-refractivity contribution in [3.63, 3.8) is 0 Å². The Hall–Kier alpha value is -3.73. The second-order valence-corrected chi connectivity index (χ2v) is 5.69. The van der Waals surface area contributed by atoms with E-state index >= 15 is 0 Å². The standard InChI is InChI=1S/C22H18N2O3/c25-22(27-17-18-9-3-1-4-10-18)16-15-19-11-7-8-14-21(19)24(26)23-20-12-5-2-6-13-20/h1-16H,17H2/b16-15+,24-23?. The van der Waals surface area contributed by atoms with Crippen LogP contribution in [0.5, 0.6) is 0 Å². The fourth-order valence-corrected chi connectivity index (χ4v) is 2.39. The molecule has 27 heavy (non-hydrogen) atoms. The molecule has 0 unspecified atom stereocenters. The third-order valence-corrected chi connectivity index (χ3v) is 3.73. The van der Waals surface area contributed by atoms with E-state index in [1.54, 1.807) is 54.6 Å². The lowest BCUT2D eigenvalue weighted by Gasteiger charge is -2.04. The summed E-state index contributed by atoms with van der Waals surface area (Å²) in [6.45, 7) is 0.197. The van der Waals surface area contributed by atoms with Gasteiger partial charge in [-0.05, 0) is 34.7 Å². The molecule has 3 aromatic carbocycles. The number of para-hydroxylation sites is 1. The number of hydrogen-bond donors (Lipinski definition) is 0. The van der Waals surface area contributed by atoms with Crippen LogP contribution in [0.3, 0.4) is 0 Å². The minimum absolute atomic E-state index is 0.197. The zero-order valence-corrected chi connectivity index (χ0v) is 14.6. The van der Waals surface area contributed by atoms with Crippen LogP contribution in [-0.2, 0) is 16.1 Å². The Balaban J connectivity index is 1.71. The van der Waals surface area contributed by atoms with Gasteiger partial charge in [-0.25, -0.2) is 4.79 Å². The summed E-state index contributed by atoms with van der Waals surface area (Å²) < 4.78 is 5.20. The second kappa shape index (κ2) is 9.10. The molecule has 5 nitrogen and oxygen atoms in total. The first kappa shape index (κ1) is 18.1. The summed E-state index contributed by atoms with van der Waals surface area (Å²) in [5.74, 6) is -0.480. The van der Waals surface area contributed by atoms with Crippen molar-refractivity contribution < 1.29 is 14.4 Å². The molecule has 0 aliphatic rings. The monoisotopic (exact) mass is 358 g/mol. The van der Waals surface area contributed by atoms with Crippen molar-refractivity contribution in [1.82, 2.24) is 0 Å². The van der Waals surface area contributed by atoms with Crippen molar-refractivity contribution >= 4 is 23.4 Å². The maximum absolute atomic E-state index is 12.4. The van der Waals surface area contributed by atoms with Crippen LogP contribution in [0.25, 0.3) is 6.08 Å². The zero-order valence-electron chi connectivity index (χ0n) is 14.6. The first-order valence-electron chi connectivity index (χ1n) is 8.44. The Morgan fingerprint density at radius 2 is 1.56 bits per heavy atom. The van der Waals surface area contributed by atoms with Gasteiger partial charge in [0.05, 0.1) is 5.56 Å². The zero-order chi connectivity index (χ0) is 18.9. The fourth-order valence-electron chi connectivity index (χ4n) is 2.39. The van der Waals surface area contributed by atoms with Crippen molar-refractivity contribution in [1.29, 1.82) is 0 Å². The number of carbonyl (C=O) groups is 1. The summed E-state index contributed by atoms with van der Waals surface area (Å²) in [6, 6.07) is 25.3. The van der Waals surface area contributed by atoms with E-state index in [4.69, 9.17) is 4.74 Å². The van der Waals surface area contributed by atoms with Crippen LogP contribution in [0.2, 0.25) is 0 Å². The van der Waals surface area contributed by atoms with Gasteiger partial charge in [-0.2, -0.15) is 0 Å². The molecule has 0 spiro atoms. The van der Waals surface area contributed by atoms with Crippen molar-refractivity contribution in [2.24, 2.45) is 5.11 Å². The van der Waals surface area contributed by atoms with E-state index in [1.165, 1.54) is 6.08 Å². The molecule has 3 rings (SSSR count). The highest BCUT2D eigenvalue weighted by Crippen LogP contribution is 2.22. The van der Waals surface area contributed by atoms with E-state index in [0.717, 1.165) is 5.56 Å². The van der Waals surface area contributed by atoms with Gasteiger partial charge in [0.2, 0.25) is 0 Å². The Labute approximate surface area is 157 Å². The third kappa shape index (κ3) is 5.37. The molecular formula is C22H18N2O3. The lowest BCUT2D eigenvalue weighted by Crippen LogP contribution is -2.00.